The quantitative estimate of drug-likeness (QED) is 0.488. The molecule has 0 aliphatic carbocycles. The monoisotopic (exact) mass is 226 g/mol. The molecular weight excluding hydrogens is 211 g/mol. The number of epoxide rings is 1. The van der Waals surface area contributed by atoms with Gasteiger partial charge < -0.3 is 18.3 Å². The second-order valence-electron chi connectivity index (χ2n) is 2.53. The first-order chi connectivity index (χ1) is 6.20. The van der Waals surface area contributed by atoms with E-state index in [0.29, 0.717) is 19.8 Å². The smallest absolute Gasteiger partial charge is 0.327 e. The van der Waals surface area contributed by atoms with Gasteiger partial charge in [-0.1, -0.05) is 0 Å². The van der Waals surface area contributed by atoms with Gasteiger partial charge in [-0.3, -0.25) is 0 Å². The molecular formula is C7H15O4PS. The maximum Gasteiger partial charge on any atom is 0.327 e. The van der Waals surface area contributed by atoms with Gasteiger partial charge in [0.25, 0.3) is 0 Å². The van der Waals surface area contributed by atoms with Crippen LogP contribution in [-0.4, -0.2) is 32.5 Å². The third-order valence-electron chi connectivity index (χ3n) is 1.40. The first-order valence-electron chi connectivity index (χ1n) is 4.35. The van der Waals surface area contributed by atoms with Crippen LogP contribution in [0.15, 0.2) is 0 Å². The van der Waals surface area contributed by atoms with Crippen LogP contribution in [0.1, 0.15) is 13.8 Å². The van der Waals surface area contributed by atoms with E-state index in [1.165, 1.54) is 0 Å². The standard InChI is InChI=1S/C7H15O4PS/c1-3-9-12(13,10-4-2)11-6-7-5-8-7/h7H,3-6H2,1-2H3. The minimum atomic E-state index is -2.48. The van der Waals surface area contributed by atoms with Gasteiger partial charge in [0.15, 0.2) is 0 Å². The van der Waals surface area contributed by atoms with Crippen molar-refractivity contribution in [1.29, 1.82) is 0 Å². The highest BCUT2D eigenvalue weighted by atomic mass is 32.5. The van der Waals surface area contributed by atoms with E-state index in [1.54, 1.807) is 0 Å². The first-order valence-corrected chi connectivity index (χ1v) is 6.91. The summed E-state index contributed by atoms with van der Waals surface area (Å²) in [5.74, 6) is 0. The molecule has 4 nitrogen and oxygen atoms in total. The lowest BCUT2D eigenvalue weighted by Crippen LogP contribution is -2.04. The molecule has 0 aromatic heterocycles. The van der Waals surface area contributed by atoms with Crippen molar-refractivity contribution in [3.8, 4) is 0 Å². The van der Waals surface area contributed by atoms with Gasteiger partial charge >= 0.3 is 6.72 Å². The normalized spacial score (nSPS) is 21.8. The summed E-state index contributed by atoms with van der Waals surface area (Å²) in [5.41, 5.74) is 0. The number of hydrogen-bond acceptors (Lipinski definition) is 5. The zero-order valence-corrected chi connectivity index (χ0v) is 9.61. The minimum absolute atomic E-state index is 0.197. The molecule has 1 saturated heterocycles. The highest BCUT2D eigenvalue weighted by Crippen LogP contribution is 2.50. The summed E-state index contributed by atoms with van der Waals surface area (Å²) in [6.45, 7) is 3.54. The van der Waals surface area contributed by atoms with E-state index in [0.717, 1.165) is 6.61 Å². The predicted molar refractivity (Wildman–Crippen MR) is 53.2 cm³/mol. The molecule has 1 aliphatic rings. The Morgan fingerprint density at radius 2 is 1.85 bits per heavy atom. The molecule has 0 amide bonds. The van der Waals surface area contributed by atoms with Crippen molar-refractivity contribution in [2.45, 2.75) is 20.0 Å². The van der Waals surface area contributed by atoms with Gasteiger partial charge in [0.05, 0.1) is 26.4 Å². The van der Waals surface area contributed by atoms with Crippen molar-refractivity contribution < 1.29 is 18.3 Å². The fraction of sp³-hybridized carbons (Fsp3) is 1.00. The molecule has 0 spiro atoms. The summed E-state index contributed by atoms with van der Waals surface area (Å²) in [5, 5.41) is 0. The molecule has 0 aromatic rings. The third kappa shape index (κ3) is 4.49. The fourth-order valence-electron chi connectivity index (χ4n) is 0.767. The van der Waals surface area contributed by atoms with E-state index in [4.69, 9.17) is 30.1 Å². The zero-order chi connectivity index (χ0) is 9.73. The first kappa shape index (κ1) is 11.6. The summed E-state index contributed by atoms with van der Waals surface area (Å²) >= 11 is 5.14. The van der Waals surface area contributed by atoms with Gasteiger partial charge in [0.2, 0.25) is 0 Å². The van der Waals surface area contributed by atoms with Gasteiger partial charge in [0, 0.05) is 0 Å². The average molecular weight is 226 g/mol. The Hall–Kier alpha value is 0.490. The molecule has 0 aromatic carbocycles. The Bertz CT molecular complexity index is 185. The summed E-state index contributed by atoms with van der Waals surface area (Å²) in [7, 11) is 0. The lowest BCUT2D eigenvalue weighted by atomic mass is 10.5. The number of ether oxygens (including phenoxy) is 1. The molecule has 0 radical (unpaired) electrons. The molecule has 1 atom stereocenters. The van der Waals surface area contributed by atoms with Crippen LogP contribution in [0, 0.1) is 0 Å². The van der Waals surface area contributed by atoms with Crippen molar-refractivity contribution >= 4 is 18.5 Å². The van der Waals surface area contributed by atoms with Crippen LogP contribution in [0.4, 0.5) is 0 Å². The van der Waals surface area contributed by atoms with Crippen LogP contribution in [0.5, 0.6) is 0 Å². The lowest BCUT2D eigenvalue weighted by molar-refractivity contribution is 0.156. The van der Waals surface area contributed by atoms with E-state index in [1.807, 2.05) is 13.8 Å². The summed E-state index contributed by atoms with van der Waals surface area (Å²) in [6.07, 6.45) is 0.197. The summed E-state index contributed by atoms with van der Waals surface area (Å²) in [6, 6.07) is 0. The fourth-order valence-corrected chi connectivity index (χ4v) is 2.79. The minimum Gasteiger partial charge on any atom is -0.371 e. The van der Waals surface area contributed by atoms with E-state index in [9.17, 15) is 0 Å². The SMILES string of the molecule is CCOP(=S)(OCC)OCC1CO1. The van der Waals surface area contributed by atoms with E-state index >= 15 is 0 Å². The van der Waals surface area contributed by atoms with Crippen molar-refractivity contribution in [1.82, 2.24) is 0 Å². The molecule has 1 heterocycles. The molecule has 13 heavy (non-hydrogen) atoms. The largest absolute Gasteiger partial charge is 0.371 e. The maximum atomic E-state index is 5.39. The van der Waals surface area contributed by atoms with Crippen LogP contribution in [0.3, 0.4) is 0 Å². The van der Waals surface area contributed by atoms with Crippen molar-refractivity contribution in [2.24, 2.45) is 0 Å². The van der Waals surface area contributed by atoms with Crippen LogP contribution in [0.25, 0.3) is 0 Å². The summed E-state index contributed by atoms with van der Waals surface area (Å²) in [4.78, 5) is 0. The van der Waals surface area contributed by atoms with Crippen LogP contribution >= 0.6 is 6.72 Å². The topological polar surface area (TPSA) is 40.2 Å². The lowest BCUT2D eigenvalue weighted by Gasteiger charge is -2.19. The highest BCUT2D eigenvalue weighted by molar-refractivity contribution is 8.07. The Kier molecular flexibility index (Phi) is 4.80. The Balaban J connectivity index is 2.29. The Morgan fingerprint density at radius 3 is 2.23 bits per heavy atom. The third-order valence-corrected chi connectivity index (χ3v) is 3.96. The second kappa shape index (κ2) is 5.39. The Morgan fingerprint density at radius 1 is 1.31 bits per heavy atom. The molecule has 0 bridgehead atoms. The van der Waals surface area contributed by atoms with Crippen LogP contribution in [0.2, 0.25) is 0 Å². The Labute approximate surface area is 83.8 Å². The number of hydrogen-bond donors (Lipinski definition) is 0. The molecule has 0 N–H and O–H groups in total. The maximum absolute atomic E-state index is 5.39. The highest BCUT2D eigenvalue weighted by Gasteiger charge is 2.28. The van der Waals surface area contributed by atoms with Gasteiger partial charge in [-0.2, -0.15) is 0 Å². The van der Waals surface area contributed by atoms with Gasteiger partial charge in [-0.15, -0.1) is 0 Å². The van der Waals surface area contributed by atoms with Gasteiger partial charge in [-0.05, 0) is 25.7 Å². The molecule has 1 unspecified atom stereocenters. The predicted octanol–water partition coefficient (Wildman–Crippen LogP) is 1.70. The second-order valence-corrected chi connectivity index (χ2v) is 5.54. The molecule has 78 valence electrons. The van der Waals surface area contributed by atoms with Gasteiger partial charge in [-0.25, -0.2) is 0 Å². The molecule has 1 fully saturated rings. The number of rotatable bonds is 7. The van der Waals surface area contributed by atoms with E-state index < -0.39 is 6.72 Å². The zero-order valence-electron chi connectivity index (χ0n) is 7.89. The van der Waals surface area contributed by atoms with Crippen LogP contribution in [-0.2, 0) is 30.1 Å². The van der Waals surface area contributed by atoms with Crippen molar-refractivity contribution in [3.05, 3.63) is 0 Å². The molecule has 6 heteroatoms. The van der Waals surface area contributed by atoms with E-state index in [-0.39, 0.29) is 6.10 Å². The summed E-state index contributed by atoms with van der Waals surface area (Å²) < 4.78 is 20.9. The van der Waals surface area contributed by atoms with E-state index in [2.05, 4.69) is 0 Å². The molecule has 1 aliphatic heterocycles. The van der Waals surface area contributed by atoms with Crippen molar-refractivity contribution in [2.75, 3.05) is 26.4 Å². The average Bonchev–Trinajstić information content (AvgIpc) is 2.85. The van der Waals surface area contributed by atoms with Gasteiger partial charge in [0.1, 0.15) is 6.10 Å². The van der Waals surface area contributed by atoms with Crippen LogP contribution < -0.4 is 0 Å². The van der Waals surface area contributed by atoms with Crippen molar-refractivity contribution in [3.63, 3.8) is 0 Å². The molecule has 0 saturated carbocycles. The molecule has 1 rings (SSSR count).